The van der Waals surface area contributed by atoms with E-state index in [1.54, 1.807) is 0 Å². The molecule has 26 heavy (non-hydrogen) atoms. The normalized spacial score (nSPS) is 16.3. The molecule has 2 aromatic carbocycles. The van der Waals surface area contributed by atoms with Gasteiger partial charge >= 0.3 is 5.97 Å². The number of halogens is 1. The third-order valence-corrected chi connectivity index (χ3v) is 5.05. The molecular formula is C21H18ClNO3. The Morgan fingerprint density at radius 1 is 1.19 bits per heavy atom. The van der Waals surface area contributed by atoms with Gasteiger partial charge in [-0.1, -0.05) is 36.4 Å². The van der Waals surface area contributed by atoms with Crippen molar-refractivity contribution >= 4 is 28.5 Å². The number of aryl methyl sites for hydroxylation is 1. The van der Waals surface area contributed by atoms with Crippen molar-refractivity contribution in [2.75, 3.05) is 13.0 Å². The zero-order valence-electron chi connectivity index (χ0n) is 14.5. The Balaban J connectivity index is 2.06. The summed E-state index contributed by atoms with van der Waals surface area (Å²) >= 11 is 6.13. The second-order valence-corrected chi connectivity index (χ2v) is 6.51. The van der Waals surface area contributed by atoms with Crippen LogP contribution in [0.5, 0.6) is 5.75 Å². The molecular weight excluding hydrogens is 350 g/mol. The highest BCUT2D eigenvalue weighted by Crippen LogP contribution is 2.46. The predicted molar refractivity (Wildman–Crippen MR) is 102 cm³/mol. The highest BCUT2D eigenvalue weighted by molar-refractivity contribution is 6.19. The predicted octanol–water partition coefficient (Wildman–Crippen LogP) is 4.67. The molecule has 1 aromatic heterocycles. The van der Waals surface area contributed by atoms with Gasteiger partial charge in [-0.25, -0.2) is 4.79 Å². The fraction of sp³-hybridized carbons (Fsp3) is 0.190. The summed E-state index contributed by atoms with van der Waals surface area (Å²) in [6.45, 7) is 2.02. The average Bonchev–Trinajstić information content (AvgIpc) is 3.01. The molecule has 132 valence electrons. The van der Waals surface area contributed by atoms with Crippen LogP contribution >= 0.6 is 11.6 Å². The number of methoxy groups -OCH3 is 1. The van der Waals surface area contributed by atoms with Crippen LogP contribution in [0.2, 0.25) is 0 Å². The first-order valence-electron chi connectivity index (χ1n) is 8.37. The third kappa shape index (κ3) is 2.49. The molecule has 0 amide bonds. The number of hydrogen-bond donors (Lipinski definition) is 1. The smallest absolute Gasteiger partial charge is 0.338 e. The summed E-state index contributed by atoms with van der Waals surface area (Å²) in [5, 5.41) is 1.07. The van der Waals surface area contributed by atoms with Gasteiger partial charge < -0.3 is 14.5 Å². The fourth-order valence-electron chi connectivity index (χ4n) is 3.73. The number of H-pyrrole nitrogens is 1. The van der Waals surface area contributed by atoms with E-state index in [9.17, 15) is 4.79 Å². The van der Waals surface area contributed by atoms with E-state index < -0.39 is 5.97 Å². The minimum absolute atomic E-state index is 0.0939. The third-order valence-electron chi connectivity index (χ3n) is 4.81. The number of esters is 1. The van der Waals surface area contributed by atoms with Gasteiger partial charge in [0.2, 0.25) is 0 Å². The maximum Gasteiger partial charge on any atom is 0.338 e. The number of allylic oxidation sites excluding steroid dienone is 1. The minimum atomic E-state index is -0.426. The Hall–Kier alpha value is -2.72. The molecule has 1 aliphatic heterocycles. The summed E-state index contributed by atoms with van der Waals surface area (Å²) in [4.78, 5) is 16.1. The van der Waals surface area contributed by atoms with Gasteiger partial charge in [0.15, 0.2) is 0 Å². The lowest BCUT2D eigenvalue weighted by Gasteiger charge is -2.29. The van der Waals surface area contributed by atoms with Crippen LogP contribution in [0.15, 0.2) is 59.9 Å². The van der Waals surface area contributed by atoms with E-state index in [1.165, 1.54) is 7.11 Å². The first-order valence-corrected chi connectivity index (χ1v) is 8.90. The molecule has 2 heterocycles. The van der Waals surface area contributed by atoms with Gasteiger partial charge in [0.1, 0.15) is 11.5 Å². The van der Waals surface area contributed by atoms with Gasteiger partial charge in [0, 0.05) is 22.2 Å². The topological polar surface area (TPSA) is 51.3 Å². The van der Waals surface area contributed by atoms with Gasteiger partial charge in [0.05, 0.1) is 24.5 Å². The second kappa shape index (κ2) is 6.54. The van der Waals surface area contributed by atoms with E-state index in [0.717, 1.165) is 27.7 Å². The van der Waals surface area contributed by atoms with Crippen LogP contribution in [0, 0.1) is 6.92 Å². The summed E-state index contributed by atoms with van der Waals surface area (Å²) in [6, 6.07) is 15.8. The molecule has 1 N–H and O–H groups in total. The second-order valence-electron chi connectivity index (χ2n) is 6.24. The molecule has 0 spiro atoms. The van der Waals surface area contributed by atoms with Crippen molar-refractivity contribution in [3.05, 3.63) is 76.7 Å². The number of nitrogens with one attached hydrogen (secondary N) is 1. The van der Waals surface area contributed by atoms with Gasteiger partial charge in [-0.3, -0.25) is 0 Å². The summed E-state index contributed by atoms with van der Waals surface area (Å²) in [7, 11) is 1.38. The van der Waals surface area contributed by atoms with E-state index in [2.05, 4.69) is 11.1 Å². The average molecular weight is 368 g/mol. The van der Waals surface area contributed by atoms with Crippen LogP contribution < -0.4 is 4.74 Å². The Bertz CT molecular complexity index is 1030. The van der Waals surface area contributed by atoms with E-state index in [0.29, 0.717) is 17.1 Å². The van der Waals surface area contributed by atoms with E-state index in [-0.39, 0.29) is 11.8 Å². The van der Waals surface area contributed by atoms with Crippen LogP contribution in [-0.2, 0) is 9.53 Å². The monoisotopic (exact) mass is 367 g/mol. The number of fused-ring (bicyclic) bond motifs is 2. The number of carbonyl (C=O) groups is 1. The molecule has 1 unspecified atom stereocenters. The van der Waals surface area contributed by atoms with Crippen LogP contribution in [0.3, 0.4) is 0 Å². The lowest BCUT2D eigenvalue weighted by molar-refractivity contribution is -0.136. The molecule has 0 saturated heterocycles. The van der Waals surface area contributed by atoms with E-state index in [4.69, 9.17) is 21.1 Å². The molecule has 1 aliphatic rings. The summed E-state index contributed by atoms with van der Waals surface area (Å²) in [5.41, 5.74) is 4.45. The zero-order valence-corrected chi connectivity index (χ0v) is 15.3. The summed E-state index contributed by atoms with van der Waals surface area (Å²) < 4.78 is 11.0. The Labute approximate surface area is 156 Å². The molecule has 0 fully saturated rings. The Kier molecular flexibility index (Phi) is 4.21. The lowest BCUT2D eigenvalue weighted by atomic mass is 9.81. The van der Waals surface area contributed by atoms with Crippen LogP contribution in [0.4, 0.5) is 0 Å². The highest BCUT2D eigenvalue weighted by atomic mass is 35.5. The number of para-hydroxylation sites is 2. The first kappa shape index (κ1) is 16.7. The molecule has 5 heteroatoms. The molecule has 3 aromatic rings. The van der Waals surface area contributed by atoms with E-state index >= 15 is 0 Å². The largest absolute Gasteiger partial charge is 0.466 e. The maximum absolute atomic E-state index is 12.7. The summed E-state index contributed by atoms with van der Waals surface area (Å²) in [5.74, 6) is 0.510. The number of benzene rings is 2. The van der Waals surface area contributed by atoms with Crippen LogP contribution in [0.1, 0.15) is 22.7 Å². The van der Waals surface area contributed by atoms with Crippen molar-refractivity contribution in [1.29, 1.82) is 0 Å². The number of alkyl halides is 1. The van der Waals surface area contributed by atoms with Gasteiger partial charge in [-0.15, -0.1) is 11.6 Å². The number of aromatic amines is 1. The minimum Gasteiger partial charge on any atom is -0.466 e. The van der Waals surface area contributed by atoms with E-state index in [1.807, 2.05) is 49.4 Å². The van der Waals surface area contributed by atoms with Gasteiger partial charge in [-0.2, -0.15) is 0 Å². The van der Waals surface area contributed by atoms with Crippen molar-refractivity contribution in [2.45, 2.75) is 12.8 Å². The Morgan fingerprint density at radius 2 is 1.92 bits per heavy atom. The van der Waals surface area contributed by atoms with Crippen molar-refractivity contribution in [1.82, 2.24) is 4.98 Å². The fourth-order valence-corrected chi connectivity index (χ4v) is 3.93. The maximum atomic E-state index is 12.7. The standard InChI is InChI=1S/C21H18ClNO3/c1-12-18(13-7-3-5-9-15(13)23-12)19-14-8-4-6-10-16(14)26-17(11-22)20(19)21(24)25-2/h3-10,19,23H,11H2,1-2H3. The number of rotatable bonds is 3. The number of carbonyl (C=O) groups excluding carboxylic acids is 1. The molecule has 4 nitrogen and oxygen atoms in total. The van der Waals surface area contributed by atoms with Crippen molar-refractivity contribution in [3.63, 3.8) is 0 Å². The summed E-state index contributed by atoms with van der Waals surface area (Å²) in [6.07, 6.45) is 0. The molecule has 0 saturated carbocycles. The molecule has 1 atom stereocenters. The first-order chi connectivity index (χ1) is 12.7. The SMILES string of the molecule is COC(=O)C1=C(CCl)Oc2ccccc2C1c1c(C)[nH]c2ccccc12. The molecule has 0 radical (unpaired) electrons. The number of ether oxygens (including phenoxy) is 2. The van der Waals surface area contributed by atoms with Crippen molar-refractivity contribution in [3.8, 4) is 5.75 Å². The van der Waals surface area contributed by atoms with Gasteiger partial charge in [0.25, 0.3) is 0 Å². The van der Waals surface area contributed by atoms with Crippen molar-refractivity contribution < 1.29 is 14.3 Å². The number of aromatic nitrogens is 1. The molecule has 4 rings (SSSR count). The molecule has 0 aliphatic carbocycles. The highest BCUT2D eigenvalue weighted by Gasteiger charge is 2.37. The quantitative estimate of drug-likeness (QED) is 0.540. The van der Waals surface area contributed by atoms with Crippen LogP contribution in [-0.4, -0.2) is 23.9 Å². The van der Waals surface area contributed by atoms with Crippen molar-refractivity contribution in [2.24, 2.45) is 0 Å². The van der Waals surface area contributed by atoms with Gasteiger partial charge in [-0.05, 0) is 24.6 Å². The lowest BCUT2D eigenvalue weighted by Crippen LogP contribution is -2.24. The zero-order chi connectivity index (χ0) is 18.3. The molecule has 0 bridgehead atoms. The number of hydrogen-bond acceptors (Lipinski definition) is 3. The Morgan fingerprint density at radius 3 is 2.69 bits per heavy atom. The van der Waals surface area contributed by atoms with Crippen LogP contribution in [0.25, 0.3) is 10.9 Å².